The average molecular weight is 312 g/mol. The number of sulfone groups is 1. The van der Waals surface area contributed by atoms with Gasteiger partial charge in [0.2, 0.25) is 5.91 Å². The minimum absolute atomic E-state index is 0.0263. The van der Waals surface area contributed by atoms with Crippen LogP contribution in [0.5, 0.6) is 0 Å². The highest BCUT2D eigenvalue weighted by molar-refractivity contribution is 7.92. The molecule has 0 bridgehead atoms. The zero-order chi connectivity index (χ0) is 15.9. The van der Waals surface area contributed by atoms with Crippen LogP contribution in [0.3, 0.4) is 0 Å². The number of nitrogens with two attached hydrogens (primary N) is 1. The molecule has 1 unspecified atom stereocenters. The normalized spacial score (nSPS) is 12.9. The van der Waals surface area contributed by atoms with E-state index in [1.165, 1.54) is 4.90 Å². The van der Waals surface area contributed by atoms with Crippen LogP contribution >= 0.6 is 0 Å². The quantitative estimate of drug-likeness (QED) is 0.771. The lowest BCUT2D eigenvalue weighted by atomic mass is 10.1. The molecule has 118 valence electrons. The number of benzene rings is 1. The van der Waals surface area contributed by atoms with Gasteiger partial charge in [0.05, 0.1) is 5.75 Å². The third-order valence-corrected chi connectivity index (χ3v) is 5.10. The van der Waals surface area contributed by atoms with Gasteiger partial charge in [0.15, 0.2) is 9.84 Å². The van der Waals surface area contributed by atoms with Gasteiger partial charge in [-0.25, -0.2) is 8.42 Å². The molecule has 21 heavy (non-hydrogen) atoms. The number of hydrogen-bond acceptors (Lipinski definition) is 4. The van der Waals surface area contributed by atoms with Crippen LogP contribution in [0, 0.1) is 0 Å². The molecule has 0 spiro atoms. The smallest absolute Gasteiger partial charge is 0.237 e. The van der Waals surface area contributed by atoms with Gasteiger partial charge in [-0.15, -0.1) is 0 Å². The highest BCUT2D eigenvalue weighted by Gasteiger charge is 2.21. The summed E-state index contributed by atoms with van der Waals surface area (Å²) < 4.78 is 23.9. The monoisotopic (exact) mass is 312 g/mol. The van der Waals surface area contributed by atoms with E-state index in [9.17, 15) is 13.2 Å². The second kappa shape index (κ2) is 8.14. The minimum atomic E-state index is -3.37. The Morgan fingerprint density at radius 2 is 1.90 bits per heavy atom. The van der Waals surface area contributed by atoms with Crippen molar-refractivity contribution in [2.75, 3.05) is 25.1 Å². The van der Waals surface area contributed by atoms with Crippen molar-refractivity contribution in [3.05, 3.63) is 35.9 Å². The summed E-state index contributed by atoms with van der Waals surface area (Å²) in [5, 5.41) is 0. The molecule has 1 rings (SSSR count). The van der Waals surface area contributed by atoms with Gasteiger partial charge < -0.3 is 10.6 Å². The number of hydrogen-bond donors (Lipinski definition) is 1. The molecule has 0 aliphatic carbocycles. The van der Waals surface area contributed by atoms with Crippen LogP contribution in [0.25, 0.3) is 0 Å². The zero-order valence-corrected chi connectivity index (χ0v) is 13.5. The fraction of sp³-hybridized carbons (Fsp3) is 0.533. The topological polar surface area (TPSA) is 80.5 Å². The number of amides is 1. The van der Waals surface area contributed by atoms with Gasteiger partial charge in [-0.3, -0.25) is 4.79 Å². The van der Waals surface area contributed by atoms with Gasteiger partial charge >= 0.3 is 0 Å². The number of aryl methyl sites for hydroxylation is 1. The van der Waals surface area contributed by atoms with E-state index in [4.69, 9.17) is 5.73 Å². The molecule has 0 heterocycles. The Labute approximate surface area is 127 Å². The molecule has 0 radical (unpaired) electrons. The van der Waals surface area contributed by atoms with Crippen LogP contribution in [-0.4, -0.2) is 50.4 Å². The Morgan fingerprint density at radius 1 is 1.29 bits per heavy atom. The standard InChI is InChI=1S/C15H24N2O3S/c1-13(11-16)17(2)15(18)12-21(19,20)10-6-9-14-7-4-3-5-8-14/h3-5,7-8,13H,6,9-12,16H2,1-2H3. The third kappa shape index (κ3) is 6.27. The maximum absolute atomic E-state index is 12.0. The first-order valence-electron chi connectivity index (χ1n) is 7.06. The van der Waals surface area contributed by atoms with E-state index < -0.39 is 21.5 Å². The van der Waals surface area contributed by atoms with E-state index in [1.807, 2.05) is 30.3 Å². The van der Waals surface area contributed by atoms with Crippen molar-refractivity contribution >= 4 is 15.7 Å². The Bertz CT molecular complexity index is 543. The Hall–Kier alpha value is -1.40. The molecule has 0 aliphatic rings. The van der Waals surface area contributed by atoms with E-state index in [-0.39, 0.29) is 11.8 Å². The molecule has 1 amide bonds. The third-order valence-electron chi connectivity index (χ3n) is 3.50. The molecule has 0 aliphatic heterocycles. The summed E-state index contributed by atoms with van der Waals surface area (Å²) in [4.78, 5) is 13.3. The van der Waals surface area contributed by atoms with Gasteiger partial charge in [0.1, 0.15) is 5.75 Å². The molecular formula is C15H24N2O3S. The highest BCUT2D eigenvalue weighted by Crippen LogP contribution is 2.06. The van der Waals surface area contributed by atoms with E-state index in [0.29, 0.717) is 19.4 Å². The van der Waals surface area contributed by atoms with Crippen LogP contribution in [0.1, 0.15) is 18.9 Å². The average Bonchev–Trinajstić information content (AvgIpc) is 2.46. The van der Waals surface area contributed by atoms with Crippen molar-refractivity contribution < 1.29 is 13.2 Å². The van der Waals surface area contributed by atoms with Crippen LogP contribution in [-0.2, 0) is 21.1 Å². The van der Waals surface area contributed by atoms with Gasteiger partial charge in [-0.2, -0.15) is 0 Å². The van der Waals surface area contributed by atoms with Gasteiger partial charge in [0, 0.05) is 19.6 Å². The SMILES string of the molecule is CC(CN)N(C)C(=O)CS(=O)(=O)CCCc1ccccc1. The minimum Gasteiger partial charge on any atom is -0.341 e. The maximum atomic E-state index is 12.0. The molecule has 0 saturated heterocycles. The lowest BCUT2D eigenvalue weighted by molar-refractivity contribution is -0.128. The number of carbonyl (C=O) groups excluding carboxylic acids is 1. The van der Waals surface area contributed by atoms with Crippen LogP contribution < -0.4 is 5.73 Å². The highest BCUT2D eigenvalue weighted by atomic mass is 32.2. The summed E-state index contributed by atoms with van der Waals surface area (Å²) in [6.45, 7) is 2.11. The molecule has 0 saturated carbocycles. The molecule has 1 atom stereocenters. The summed E-state index contributed by atoms with van der Waals surface area (Å²) in [5.41, 5.74) is 6.58. The van der Waals surface area contributed by atoms with Gasteiger partial charge in [-0.1, -0.05) is 30.3 Å². The maximum Gasteiger partial charge on any atom is 0.237 e. The zero-order valence-electron chi connectivity index (χ0n) is 12.7. The molecule has 0 fully saturated rings. The predicted molar refractivity (Wildman–Crippen MR) is 84.7 cm³/mol. The largest absolute Gasteiger partial charge is 0.341 e. The molecular weight excluding hydrogens is 288 g/mol. The summed E-state index contributed by atoms with van der Waals surface area (Å²) in [5.74, 6) is -0.811. The molecule has 0 aromatic heterocycles. The van der Waals surface area contributed by atoms with Crippen molar-refractivity contribution in [2.45, 2.75) is 25.8 Å². The molecule has 1 aromatic rings. The van der Waals surface area contributed by atoms with Gasteiger partial charge in [0.25, 0.3) is 0 Å². The van der Waals surface area contributed by atoms with Crippen LogP contribution in [0.2, 0.25) is 0 Å². The Kier molecular flexibility index (Phi) is 6.84. The van der Waals surface area contributed by atoms with Crippen LogP contribution in [0.4, 0.5) is 0 Å². The first-order valence-corrected chi connectivity index (χ1v) is 8.88. The van der Waals surface area contributed by atoms with Gasteiger partial charge in [-0.05, 0) is 25.3 Å². The van der Waals surface area contributed by atoms with E-state index >= 15 is 0 Å². The fourth-order valence-electron chi connectivity index (χ4n) is 1.91. The van der Waals surface area contributed by atoms with Crippen molar-refractivity contribution in [2.24, 2.45) is 5.73 Å². The molecule has 1 aromatic carbocycles. The first-order chi connectivity index (χ1) is 9.85. The summed E-state index contributed by atoms with van der Waals surface area (Å²) in [6.07, 6.45) is 1.22. The van der Waals surface area contributed by atoms with E-state index in [1.54, 1.807) is 14.0 Å². The number of nitrogens with zero attached hydrogens (tertiary/aromatic N) is 1. The predicted octanol–water partition coefficient (Wildman–Crippen LogP) is 0.840. The summed E-state index contributed by atoms with van der Waals surface area (Å²) in [7, 11) is -1.79. The second-order valence-electron chi connectivity index (χ2n) is 5.27. The van der Waals surface area contributed by atoms with Crippen molar-refractivity contribution in [3.8, 4) is 0 Å². The molecule has 2 N–H and O–H groups in total. The summed E-state index contributed by atoms with van der Waals surface area (Å²) >= 11 is 0. The number of likely N-dealkylation sites (N-methyl/N-ethyl adjacent to an activating group) is 1. The van der Waals surface area contributed by atoms with Crippen LogP contribution in [0.15, 0.2) is 30.3 Å². The van der Waals surface area contributed by atoms with Crippen molar-refractivity contribution in [1.82, 2.24) is 4.90 Å². The van der Waals surface area contributed by atoms with E-state index in [0.717, 1.165) is 5.56 Å². The lowest BCUT2D eigenvalue weighted by Gasteiger charge is -2.23. The number of carbonyl (C=O) groups is 1. The molecule has 5 nitrogen and oxygen atoms in total. The lowest BCUT2D eigenvalue weighted by Crippen LogP contribution is -2.42. The van der Waals surface area contributed by atoms with Crippen molar-refractivity contribution in [3.63, 3.8) is 0 Å². The first kappa shape index (κ1) is 17.7. The van der Waals surface area contributed by atoms with Crippen molar-refractivity contribution in [1.29, 1.82) is 0 Å². The molecule has 6 heteroatoms. The fourth-order valence-corrected chi connectivity index (χ4v) is 3.22. The van der Waals surface area contributed by atoms with E-state index in [2.05, 4.69) is 0 Å². The Morgan fingerprint density at radius 3 is 2.48 bits per heavy atom. The second-order valence-corrected chi connectivity index (χ2v) is 7.45. The Balaban J connectivity index is 2.45. The number of rotatable bonds is 8. The summed E-state index contributed by atoms with van der Waals surface area (Å²) in [6, 6.07) is 9.56.